The number of benzene rings is 1. The Hall–Kier alpha value is -1.22. The minimum absolute atomic E-state index is 0.0973. The smallest absolute Gasteiger partial charge is 0.119 e. The van der Waals surface area contributed by atoms with Crippen molar-refractivity contribution < 1.29 is 4.74 Å². The molecule has 0 spiro atoms. The van der Waals surface area contributed by atoms with Crippen LogP contribution in [-0.2, 0) is 0 Å². The van der Waals surface area contributed by atoms with E-state index in [9.17, 15) is 0 Å². The van der Waals surface area contributed by atoms with E-state index >= 15 is 0 Å². The van der Waals surface area contributed by atoms with Crippen LogP contribution < -0.4 is 15.8 Å². The van der Waals surface area contributed by atoms with E-state index in [2.05, 4.69) is 17.4 Å². The molecule has 3 rings (SSSR count). The number of anilines is 1. The fourth-order valence-corrected chi connectivity index (χ4v) is 3.71. The first-order chi connectivity index (χ1) is 9.74. The van der Waals surface area contributed by atoms with Gasteiger partial charge in [0.2, 0.25) is 0 Å². The maximum absolute atomic E-state index is 6.14. The standard InChI is InChI=1S/C17H26N2O/c1-20-16-8-6-15(7-9-16)19-17(12-18)10-2-3-14(11-17)13-4-5-13/h6-9,13-14,19H,2-5,10-12,18H2,1H3. The van der Waals surface area contributed by atoms with E-state index in [0.29, 0.717) is 0 Å². The molecule has 2 atom stereocenters. The molecule has 1 aromatic rings. The summed E-state index contributed by atoms with van der Waals surface area (Å²) >= 11 is 0. The van der Waals surface area contributed by atoms with Gasteiger partial charge >= 0.3 is 0 Å². The summed E-state index contributed by atoms with van der Waals surface area (Å²) in [5.41, 5.74) is 7.39. The zero-order valence-corrected chi connectivity index (χ0v) is 12.4. The SMILES string of the molecule is COc1ccc(NC2(CN)CCCC(C3CC3)C2)cc1. The molecule has 0 aliphatic heterocycles. The summed E-state index contributed by atoms with van der Waals surface area (Å²) in [6.07, 6.45) is 8.01. The summed E-state index contributed by atoms with van der Waals surface area (Å²) in [7, 11) is 1.70. The number of nitrogens with two attached hydrogens (primary N) is 1. The summed E-state index contributed by atoms with van der Waals surface area (Å²) in [6, 6.07) is 8.20. The van der Waals surface area contributed by atoms with Crippen molar-refractivity contribution in [3.8, 4) is 5.75 Å². The van der Waals surface area contributed by atoms with Gasteiger partial charge < -0.3 is 15.8 Å². The van der Waals surface area contributed by atoms with Gasteiger partial charge in [-0.2, -0.15) is 0 Å². The van der Waals surface area contributed by atoms with Gasteiger partial charge in [0.25, 0.3) is 0 Å². The van der Waals surface area contributed by atoms with Gasteiger partial charge in [-0.1, -0.05) is 12.8 Å². The van der Waals surface area contributed by atoms with Gasteiger partial charge in [-0.05, 0) is 61.8 Å². The van der Waals surface area contributed by atoms with Crippen molar-refractivity contribution in [3.05, 3.63) is 24.3 Å². The van der Waals surface area contributed by atoms with Crippen LogP contribution in [-0.4, -0.2) is 19.2 Å². The molecule has 0 amide bonds. The lowest BCUT2D eigenvalue weighted by Crippen LogP contribution is -2.49. The molecule has 2 aliphatic carbocycles. The zero-order chi connectivity index (χ0) is 14.0. The molecule has 0 radical (unpaired) electrons. The third kappa shape index (κ3) is 2.93. The molecule has 2 aliphatic rings. The Morgan fingerprint density at radius 2 is 1.95 bits per heavy atom. The molecule has 0 aromatic heterocycles. The van der Waals surface area contributed by atoms with Crippen LogP contribution in [0.25, 0.3) is 0 Å². The van der Waals surface area contributed by atoms with Gasteiger partial charge in [0.05, 0.1) is 7.11 Å². The van der Waals surface area contributed by atoms with Crippen molar-refractivity contribution in [2.24, 2.45) is 17.6 Å². The van der Waals surface area contributed by atoms with E-state index in [1.165, 1.54) is 38.5 Å². The predicted octanol–water partition coefficient (Wildman–Crippen LogP) is 3.40. The lowest BCUT2D eigenvalue weighted by molar-refractivity contribution is 0.228. The summed E-state index contributed by atoms with van der Waals surface area (Å²) in [5, 5.41) is 3.73. The van der Waals surface area contributed by atoms with Gasteiger partial charge in [0.1, 0.15) is 5.75 Å². The molecule has 3 nitrogen and oxygen atoms in total. The second-order valence-electron chi connectivity index (χ2n) is 6.53. The molecule has 2 unspecified atom stereocenters. The Bertz CT molecular complexity index is 441. The second-order valence-corrected chi connectivity index (χ2v) is 6.53. The number of methoxy groups -OCH3 is 1. The summed E-state index contributed by atoms with van der Waals surface area (Å²) in [5.74, 6) is 2.77. The molecule has 2 saturated carbocycles. The monoisotopic (exact) mass is 274 g/mol. The highest BCUT2D eigenvalue weighted by atomic mass is 16.5. The highest BCUT2D eigenvalue weighted by Gasteiger charge is 2.41. The van der Waals surface area contributed by atoms with Crippen molar-refractivity contribution in [1.82, 2.24) is 0 Å². The Morgan fingerprint density at radius 3 is 2.55 bits per heavy atom. The topological polar surface area (TPSA) is 47.3 Å². The maximum Gasteiger partial charge on any atom is 0.119 e. The van der Waals surface area contributed by atoms with Crippen LogP contribution in [0.3, 0.4) is 0 Å². The summed E-state index contributed by atoms with van der Waals surface area (Å²) in [4.78, 5) is 0. The minimum atomic E-state index is 0.0973. The normalized spacial score (nSPS) is 30.0. The van der Waals surface area contributed by atoms with E-state index in [1.807, 2.05) is 12.1 Å². The van der Waals surface area contributed by atoms with Crippen molar-refractivity contribution in [1.29, 1.82) is 0 Å². The Morgan fingerprint density at radius 1 is 1.20 bits per heavy atom. The Balaban J connectivity index is 1.70. The number of nitrogens with one attached hydrogen (secondary N) is 1. The molecule has 110 valence electrons. The van der Waals surface area contributed by atoms with E-state index < -0.39 is 0 Å². The summed E-state index contributed by atoms with van der Waals surface area (Å²) in [6.45, 7) is 0.724. The molecule has 3 N–H and O–H groups in total. The lowest BCUT2D eigenvalue weighted by atomic mass is 9.73. The van der Waals surface area contributed by atoms with Gasteiger partial charge in [0, 0.05) is 17.8 Å². The van der Waals surface area contributed by atoms with Crippen LogP contribution in [0.1, 0.15) is 38.5 Å². The van der Waals surface area contributed by atoms with E-state index in [4.69, 9.17) is 10.5 Å². The Kier molecular flexibility index (Phi) is 3.88. The molecule has 20 heavy (non-hydrogen) atoms. The molecule has 0 heterocycles. The minimum Gasteiger partial charge on any atom is -0.497 e. The molecule has 1 aromatic carbocycles. The van der Waals surface area contributed by atoms with Crippen molar-refractivity contribution in [2.75, 3.05) is 19.0 Å². The van der Waals surface area contributed by atoms with E-state index in [-0.39, 0.29) is 5.54 Å². The average Bonchev–Trinajstić information content (AvgIpc) is 3.33. The Labute approximate surface area is 121 Å². The van der Waals surface area contributed by atoms with Crippen molar-refractivity contribution in [2.45, 2.75) is 44.1 Å². The van der Waals surface area contributed by atoms with Gasteiger partial charge in [-0.3, -0.25) is 0 Å². The number of hydrogen-bond acceptors (Lipinski definition) is 3. The third-order valence-corrected chi connectivity index (χ3v) is 5.06. The van der Waals surface area contributed by atoms with Crippen LogP contribution in [0.2, 0.25) is 0 Å². The molecular weight excluding hydrogens is 248 g/mol. The first-order valence-corrected chi connectivity index (χ1v) is 7.87. The van der Waals surface area contributed by atoms with Crippen LogP contribution in [0.4, 0.5) is 5.69 Å². The summed E-state index contributed by atoms with van der Waals surface area (Å²) < 4.78 is 5.21. The molecule has 0 bridgehead atoms. The number of rotatable bonds is 5. The lowest BCUT2D eigenvalue weighted by Gasteiger charge is -2.42. The van der Waals surface area contributed by atoms with Gasteiger partial charge in [-0.25, -0.2) is 0 Å². The van der Waals surface area contributed by atoms with Crippen LogP contribution >= 0.6 is 0 Å². The highest BCUT2D eigenvalue weighted by Crippen LogP contribution is 2.47. The highest BCUT2D eigenvalue weighted by molar-refractivity contribution is 5.48. The van der Waals surface area contributed by atoms with Crippen LogP contribution in [0, 0.1) is 11.8 Å². The molecule has 3 heteroatoms. The first kappa shape index (κ1) is 13.7. The van der Waals surface area contributed by atoms with Crippen molar-refractivity contribution in [3.63, 3.8) is 0 Å². The number of hydrogen-bond donors (Lipinski definition) is 2. The maximum atomic E-state index is 6.14. The van der Waals surface area contributed by atoms with Gasteiger partial charge in [-0.15, -0.1) is 0 Å². The third-order valence-electron chi connectivity index (χ3n) is 5.06. The van der Waals surface area contributed by atoms with Gasteiger partial charge in [0.15, 0.2) is 0 Å². The number of ether oxygens (including phenoxy) is 1. The molecule has 0 saturated heterocycles. The zero-order valence-electron chi connectivity index (χ0n) is 12.4. The van der Waals surface area contributed by atoms with Crippen LogP contribution in [0.5, 0.6) is 5.75 Å². The molecular formula is C17H26N2O. The largest absolute Gasteiger partial charge is 0.497 e. The average molecular weight is 274 g/mol. The van der Waals surface area contributed by atoms with E-state index in [0.717, 1.165) is 29.8 Å². The molecule has 2 fully saturated rings. The predicted molar refractivity (Wildman–Crippen MR) is 83.1 cm³/mol. The van der Waals surface area contributed by atoms with E-state index in [1.54, 1.807) is 7.11 Å². The van der Waals surface area contributed by atoms with Crippen molar-refractivity contribution >= 4 is 5.69 Å². The second kappa shape index (κ2) is 5.65. The first-order valence-electron chi connectivity index (χ1n) is 7.87. The quantitative estimate of drug-likeness (QED) is 0.865. The fourth-order valence-electron chi connectivity index (χ4n) is 3.71. The van der Waals surface area contributed by atoms with Crippen LogP contribution in [0.15, 0.2) is 24.3 Å². The fraction of sp³-hybridized carbons (Fsp3) is 0.647.